The quantitative estimate of drug-likeness (QED) is 0.258. The van der Waals surface area contributed by atoms with Crippen LogP contribution in [0.1, 0.15) is 66.7 Å². The predicted octanol–water partition coefficient (Wildman–Crippen LogP) is 4.90. The van der Waals surface area contributed by atoms with Crippen LogP contribution in [0.25, 0.3) is 0 Å². The summed E-state index contributed by atoms with van der Waals surface area (Å²) in [7, 11) is -5.74. The van der Waals surface area contributed by atoms with E-state index in [0.717, 1.165) is 19.3 Å². The van der Waals surface area contributed by atoms with E-state index in [1.54, 1.807) is 6.92 Å². The van der Waals surface area contributed by atoms with E-state index in [4.69, 9.17) is 18.3 Å². The Hall–Kier alpha value is -0.821. The van der Waals surface area contributed by atoms with Gasteiger partial charge in [-0.1, -0.05) is 40.1 Å². The van der Waals surface area contributed by atoms with Gasteiger partial charge in [0.25, 0.3) is 0 Å². The monoisotopic (exact) mass is 584 g/mol. The van der Waals surface area contributed by atoms with Crippen molar-refractivity contribution in [1.82, 2.24) is 0 Å². The van der Waals surface area contributed by atoms with Crippen molar-refractivity contribution in [2.45, 2.75) is 137 Å². The van der Waals surface area contributed by atoms with Crippen LogP contribution in [0.2, 0.25) is 39.3 Å². The average molecular weight is 585 g/mol. The standard InChI is InChI=1S/C28H53BO8Si2/c1-18-13-12-14-21-23(34-21)15-22(19(2)17-29(32)33)35-25(30)16-24(36-38(6,7)8)28(4,5)27(31)20(3)26(18)37-39(9,10)11/h17-18,20-24,26,32-33H,12-16H2,1-11H3/b19-17+/t18-,20+,21+,22-,23-,24-,26?/m0/s1. The molecule has 11 heteroatoms. The second kappa shape index (κ2) is 13.4. The fourth-order valence-corrected chi connectivity index (χ4v) is 8.05. The lowest BCUT2D eigenvalue weighted by atomic mass is 9.73. The number of hydrogen-bond acceptors (Lipinski definition) is 8. The number of Topliss-reactive ketones (excluding diaryl/α,β-unsaturated/α-hetero) is 1. The van der Waals surface area contributed by atoms with Gasteiger partial charge in [-0.3, -0.25) is 9.59 Å². The molecule has 0 aliphatic carbocycles. The minimum absolute atomic E-state index is 0.0300. The summed E-state index contributed by atoms with van der Waals surface area (Å²) in [5.74, 6) is 0.639. The molecule has 0 aromatic heterocycles. The fraction of sp³-hybridized carbons (Fsp3) is 0.857. The van der Waals surface area contributed by atoms with E-state index in [1.165, 1.54) is 5.98 Å². The molecule has 2 N–H and O–H groups in total. The van der Waals surface area contributed by atoms with Gasteiger partial charge in [0.1, 0.15) is 11.9 Å². The van der Waals surface area contributed by atoms with Crippen molar-refractivity contribution in [3.05, 3.63) is 11.5 Å². The number of hydrogen-bond donors (Lipinski definition) is 2. The van der Waals surface area contributed by atoms with Gasteiger partial charge in [-0.25, -0.2) is 0 Å². The SMILES string of the molecule is C/C(=C\B(O)O)[C@@H]1C[C@@H]2O[C@@H]2CCC[C@H](C)C(O[Si](C)(C)C)[C@@H](C)C(=O)C(C)(C)[C@@H](O[Si](C)(C)C)CC(=O)O1. The molecule has 2 aliphatic rings. The molecule has 2 aliphatic heterocycles. The van der Waals surface area contributed by atoms with Gasteiger partial charge >= 0.3 is 13.1 Å². The highest BCUT2D eigenvalue weighted by molar-refractivity contribution is 6.70. The van der Waals surface area contributed by atoms with Crippen molar-refractivity contribution < 1.29 is 38.0 Å². The summed E-state index contributed by atoms with van der Waals surface area (Å²) < 4.78 is 25.0. The summed E-state index contributed by atoms with van der Waals surface area (Å²) in [6.07, 6.45) is 1.60. The zero-order valence-electron chi connectivity index (χ0n) is 26.1. The minimum atomic E-state index is -2.15. The molecule has 39 heavy (non-hydrogen) atoms. The molecule has 0 aromatic carbocycles. The average Bonchev–Trinajstić information content (AvgIpc) is 3.50. The van der Waals surface area contributed by atoms with Crippen LogP contribution in [0.5, 0.6) is 0 Å². The van der Waals surface area contributed by atoms with Gasteiger partial charge in [0.05, 0.1) is 30.8 Å². The number of fused-ring (bicyclic) bond motifs is 1. The molecular weight excluding hydrogens is 531 g/mol. The highest BCUT2D eigenvalue weighted by atomic mass is 28.4. The van der Waals surface area contributed by atoms with Gasteiger partial charge in [0.15, 0.2) is 16.6 Å². The van der Waals surface area contributed by atoms with Gasteiger partial charge in [0.2, 0.25) is 0 Å². The Morgan fingerprint density at radius 1 is 1.00 bits per heavy atom. The first-order valence-corrected chi connectivity index (χ1v) is 21.3. The molecule has 2 saturated heterocycles. The van der Waals surface area contributed by atoms with E-state index in [-0.39, 0.29) is 42.4 Å². The molecule has 2 fully saturated rings. The summed E-state index contributed by atoms with van der Waals surface area (Å²) in [6, 6.07) is 0. The lowest BCUT2D eigenvalue weighted by Gasteiger charge is -2.41. The number of carbonyl (C=O) groups excluding carboxylic acids is 2. The van der Waals surface area contributed by atoms with Crippen LogP contribution in [0.3, 0.4) is 0 Å². The summed E-state index contributed by atoms with van der Waals surface area (Å²) >= 11 is 0. The largest absolute Gasteiger partial charge is 0.480 e. The Morgan fingerprint density at radius 3 is 2.13 bits per heavy atom. The van der Waals surface area contributed by atoms with E-state index in [1.807, 2.05) is 40.4 Å². The van der Waals surface area contributed by atoms with Crippen molar-refractivity contribution in [2.24, 2.45) is 17.3 Å². The first kappa shape index (κ1) is 34.4. The smallest absolute Gasteiger partial charge is 0.458 e. The van der Waals surface area contributed by atoms with Crippen LogP contribution in [-0.2, 0) is 27.9 Å². The Balaban J connectivity index is 2.47. The molecular formula is C28H53BO8Si2. The molecule has 0 bridgehead atoms. The number of ketones is 1. The Morgan fingerprint density at radius 2 is 1.59 bits per heavy atom. The highest BCUT2D eigenvalue weighted by Crippen LogP contribution is 2.39. The highest BCUT2D eigenvalue weighted by Gasteiger charge is 2.47. The number of esters is 1. The Kier molecular flexibility index (Phi) is 11.8. The maximum absolute atomic E-state index is 14.2. The molecule has 224 valence electrons. The third kappa shape index (κ3) is 10.8. The van der Waals surface area contributed by atoms with E-state index in [2.05, 4.69) is 26.6 Å². The normalized spacial score (nSPS) is 33.8. The van der Waals surface area contributed by atoms with Crippen LogP contribution in [0.4, 0.5) is 0 Å². The predicted molar refractivity (Wildman–Crippen MR) is 159 cm³/mol. The molecule has 7 atom stereocenters. The topological polar surface area (TPSA) is 115 Å². The summed E-state index contributed by atoms with van der Waals surface area (Å²) in [4.78, 5) is 27.6. The minimum Gasteiger partial charge on any atom is -0.458 e. The number of epoxide rings is 1. The first-order valence-electron chi connectivity index (χ1n) is 14.5. The van der Waals surface area contributed by atoms with Crippen LogP contribution < -0.4 is 0 Å². The van der Waals surface area contributed by atoms with Crippen molar-refractivity contribution >= 4 is 35.5 Å². The van der Waals surface area contributed by atoms with Gasteiger partial charge in [-0.05, 0) is 70.5 Å². The number of ether oxygens (including phenoxy) is 2. The third-order valence-electron chi connectivity index (χ3n) is 7.72. The van der Waals surface area contributed by atoms with E-state index >= 15 is 0 Å². The van der Waals surface area contributed by atoms with Crippen molar-refractivity contribution in [1.29, 1.82) is 0 Å². The third-order valence-corrected chi connectivity index (χ3v) is 9.69. The molecule has 2 heterocycles. The van der Waals surface area contributed by atoms with Crippen molar-refractivity contribution in [3.8, 4) is 0 Å². The Labute approximate surface area is 238 Å². The lowest BCUT2D eigenvalue weighted by Crippen LogP contribution is -2.51. The molecule has 0 saturated carbocycles. The van der Waals surface area contributed by atoms with Crippen molar-refractivity contribution in [2.75, 3.05) is 0 Å². The fourth-order valence-electron chi connectivity index (χ4n) is 5.57. The maximum atomic E-state index is 14.2. The maximum Gasteiger partial charge on any atom is 0.480 e. The Bertz CT molecular complexity index is 880. The second-order valence-corrected chi connectivity index (χ2v) is 23.1. The van der Waals surface area contributed by atoms with E-state index < -0.39 is 47.3 Å². The van der Waals surface area contributed by atoms with E-state index in [0.29, 0.717) is 12.0 Å². The van der Waals surface area contributed by atoms with Gasteiger partial charge in [0, 0.05) is 17.8 Å². The lowest BCUT2D eigenvalue weighted by molar-refractivity contribution is -0.153. The first-order chi connectivity index (χ1) is 17.7. The summed E-state index contributed by atoms with van der Waals surface area (Å²) in [6.45, 7) is 22.2. The number of rotatable bonds is 6. The summed E-state index contributed by atoms with van der Waals surface area (Å²) in [5, 5.41) is 19.0. The number of cyclic esters (lactones) is 1. The second-order valence-electron chi connectivity index (χ2n) is 14.2. The van der Waals surface area contributed by atoms with Gasteiger partial charge in [-0.2, -0.15) is 0 Å². The molecule has 0 aromatic rings. The zero-order chi connectivity index (χ0) is 29.9. The zero-order valence-corrected chi connectivity index (χ0v) is 28.1. The van der Waals surface area contributed by atoms with Crippen molar-refractivity contribution in [3.63, 3.8) is 0 Å². The van der Waals surface area contributed by atoms with Crippen LogP contribution >= 0.6 is 0 Å². The van der Waals surface area contributed by atoms with Gasteiger partial charge < -0.3 is 28.4 Å². The molecule has 0 amide bonds. The molecule has 8 nitrogen and oxygen atoms in total. The molecule has 2 rings (SSSR count). The van der Waals surface area contributed by atoms with Gasteiger partial charge in [-0.15, -0.1) is 0 Å². The van der Waals surface area contributed by atoms with E-state index in [9.17, 15) is 19.6 Å². The molecule has 0 spiro atoms. The number of carbonyl (C=O) groups is 2. The van der Waals surface area contributed by atoms with Crippen LogP contribution in [0, 0.1) is 17.3 Å². The van der Waals surface area contributed by atoms with Crippen LogP contribution in [0.15, 0.2) is 11.5 Å². The molecule has 1 unspecified atom stereocenters. The van der Waals surface area contributed by atoms with Crippen LogP contribution in [-0.4, -0.2) is 76.1 Å². The summed E-state index contributed by atoms with van der Waals surface area (Å²) in [5.41, 5.74) is -0.400. The molecule has 0 radical (unpaired) electrons.